The number of alkyl halides is 1. The minimum absolute atomic E-state index is 0.459. The zero-order valence-electron chi connectivity index (χ0n) is 6.49. The van der Waals surface area contributed by atoms with E-state index in [-0.39, 0.29) is 0 Å². The standard InChI is InChI=1S/C8H7BrN2O/c1-12-7-4-2-6(3-5-7)8(9)10-11-8/h2-5H,1H3. The predicted molar refractivity (Wildman–Crippen MR) is 48.5 cm³/mol. The van der Waals surface area contributed by atoms with Gasteiger partial charge in [-0.3, -0.25) is 0 Å². The van der Waals surface area contributed by atoms with Crippen molar-refractivity contribution in [1.29, 1.82) is 0 Å². The summed E-state index contributed by atoms with van der Waals surface area (Å²) >= 11 is 3.37. The molecule has 0 atom stereocenters. The molecule has 12 heavy (non-hydrogen) atoms. The fourth-order valence-electron chi connectivity index (χ4n) is 0.962. The van der Waals surface area contributed by atoms with Crippen LogP contribution in [0.25, 0.3) is 0 Å². The molecule has 0 aromatic heterocycles. The lowest BCUT2D eigenvalue weighted by molar-refractivity contribution is 0.414. The number of benzene rings is 1. The molecule has 0 radical (unpaired) electrons. The Balaban J connectivity index is 2.25. The van der Waals surface area contributed by atoms with Crippen molar-refractivity contribution in [2.45, 2.75) is 4.57 Å². The van der Waals surface area contributed by atoms with E-state index in [1.54, 1.807) is 7.11 Å². The van der Waals surface area contributed by atoms with Gasteiger partial charge in [-0.05, 0) is 40.2 Å². The molecule has 62 valence electrons. The number of ether oxygens (including phenoxy) is 1. The quantitative estimate of drug-likeness (QED) is 0.564. The minimum atomic E-state index is -0.459. The topological polar surface area (TPSA) is 34.0 Å². The maximum atomic E-state index is 5.03. The first-order valence-electron chi connectivity index (χ1n) is 3.52. The van der Waals surface area contributed by atoms with E-state index in [9.17, 15) is 0 Å². The van der Waals surface area contributed by atoms with Gasteiger partial charge in [-0.15, -0.1) is 10.2 Å². The first-order valence-corrected chi connectivity index (χ1v) is 4.31. The van der Waals surface area contributed by atoms with Crippen LogP contribution in [0.3, 0.4) is 0 Å². The normalized spacial score (nSPS) is 17.5. The molecule has 1 aliphatic heterocycles. The van der Waals surface area contributed by atoms with Crippen molar-refractivity contribution in [2.24, 2.45) is 10.2 Å². The zero-order valence-corrected chi connectivity index (χ0v) is 8.08. The fraction of sp³-hybridized carbons (Fsp3) is 0.250. The molecule has 0 spiro atoms. The molecule has 0 fully saturated rings. The first-order chi connectivity index (χ1) is 5.74. The van der Waals surface area contributed by atoms with Gasteiger partial charge in [0, 0.05) is 5.56 Å². The molecule has 0 unspecified atom stereocenters. The van der Waals surface area contributed by atoms with Crippen molar-refractivity contribution in [3.63, 3.8) is 0 Å². The molecule has 1 aliphatic rings. The summed E-state index contributed by atoms with van der Waals surface area (Å²) in [5.74, 6) is 0.843. The molecule has 0 amide bonds. The van der Waals surface area contributed by atoms with E-state index >= 15 is 0 Å². The van der Waals surface area contributed by atoms with Gasteiger partial charge < -0.3 is 4.74 Å². The number of nitrogens with zero attached hydrogens (tertiary/aromatic N) is 2. The van der Waals surface area contributed by atoms with E-state index in [1.165, 1.54) is 0 Å². The largest absolute Gasteiger partial charge is 0.497 e. The number of hydrogen-bond donors (Lipinski definition) is 0. The van der Waals surface area contributed by atoms with E-state index in [1.807, 2.05) is 24.3 Å². The summed E-state index contributed by atoms with van der Waals surface area (Å²) in [6, 6.07) is 7.66. The van der Waals surface area contributed by atoms with E-state index in [4.69, 9.17) is 4.74 Å². The van der Waals surface area contributed by atoms with E-state index in [0.29, 0.717) is 0 Å². The van der Waals surface area contributed by atoms with Gasteiger partial charge in [-0.1, -0.05) is 0 Å². The number of methoxy groups -OCH3 is 1. The van der Waals surface area contributed by atoms with E-state index < -0.39 is 4.57 Å². The Morgan fingerprint density at radius 1 is 1.25 bits per heavy atom. The molecular weight excluding hydrogens is 220 g/mol. The Labute approximate surface area is 78.6 Å². The number of hydrogen-bond acceptors (Lipinski definition) is 3. The molecule has 0 aliphatic carbocycles. The second kappa shape index (κ2) is 2.55. The molecule has 1 aromatic rings. The van der Waals surface area contributed by atoms with Crippen LogP contribution < -0.4 is 4.74 Å². The monoisotopic (exact) mass is 226 g/mol. The van der Waals surface area contributed by atoms with E-state index in [2.05, 4.69) is 26.2 Å². The van der Waals surface area contributed by atoms with Crippen LogP contribution in [0.2, 0.25) is 0 Å². The van der Waals surface area contributed by atoms with Crippen molar-refractivity contribution < 1.29 is 4.74 Å². The highest BCUT2D eigenvalue weighted by molar-refractivity contribution is 9.09. The summed E-state index contributed by atoms with van der Waals surface area (Å²) < 4.78 is 4.57. The molecule has 4 heteroatoms. The molecule has 1 aromatic carbocycles. The predicted octanol–water partition coefficient (Wildman–Crippen LogP) is 2.67. The second-order valence-electron chi connectivity index (χ2n) is 2.52. The van der Waals surface area contributed by atoms with Crippen molar-refractivity contribution >= 4 is 15.9 Å². The summed E-state index contributed by atoms with van der Waals surface area (Å²) in [5, 5.41) is 7.72. The van der Waals surface area contributed by atoms with Gasteiger partial charge in [0.05, 0.1) is 7.11 Å². The summed E-state index contributed by atoms with van der Waals surface area (Å²) in [6.07, 6.45) is 0. The molecular formula is C8H7BrN2O. The van der Waals surface area contributed by atoms with Crippen LogP contribution in [0.5, 0.6) is 5.75 Å². The molecule has 3 nitrogen and oxygen atoms in total. The van der Waals surface area contributed by atoms with Crippen LogP contribution in [-0.2, 0) is 4.57 Å². The highest BCUT2D eigenvalue weighted by atomic mass is 79.9. The maximum Gasteiger partial charge on any atom is 0.269 e. The number of halogens is 1. The van der Waals surface area contributed by atoms with Crippen LogP contribution in [0, 0.1) is 0 Å². The van der Waals surface area contributed by atoms with Gasteiger partial charge in [0.1, 0.15) is 5.75 Å². The summed E-state index contributed by atoms with van der Waals surface area (Å²) in [7, 11) is 1.64. The summed E-state index contributed by atoms with van der Waals surface area (Å²) in [5.41, 5.74) is 1.03. The molecule has 0 saturated heterocycles. The maximum absolute atomic E-state index is 5.03. The first kappa shape index (κ1) is 7.73. The highest BCUT2D eigenvalue weighted by Crippen LogP contribution is 2.45. The van der Waals surface area contributed by atoms with Gasteiger partial charge in [0.2, 0.25) is 0 Å². The fourth-order valence-corrected chi connectivity index (χ4v) is 1.31. The Bertz CT molecular complexity index is 314. The van der Waals surface area contributed by atoms with Crippen LogP contribution in [0.4, 0.5) is 0 Å². The van der Waals surface area contributed by atoms with E-state index in [0.717, 1.165) is 11.3 Å². The van der Waals surface area contributed by atoms with Crippen LogP contribution in [0.15, 0.2) is 34.5 Å². The minimum Gasteiger partial charge on any atom is -0.497 e. The van der Waals surface area contributed by atoms with Crippen molar-refractivity contribution in [1.82, 2.24) is 0 Å². The molecule has 0 bridgehead atoms. The third kappa shape index (κ3) is 1.22. The van der Waals surface area contributed by atoms with Crippen molar-refractivity contribution in [3.05, 3.63) is 29.8 Å². The van der Waals surface area contributed by atoms with Gasteiger partial charge in [0.25, 0.3) is 4.57 Å². The molecule has 0 N–H and O–H groups in total. The summed E-state index contributed by atoms with van der Waals surface area (Å²) in [6.45, 7) is 0. The average Bonchev–Trinajstić information content (AvgIpc) is 2.85. The smallest absolute Gasteiger partial charge is 0.269 e. The van der Waals surface area contributed by atoms with Crippen LogP contribution in [-0.4, -0.2) is 7.11 Å². The van der Waals surface area contributed by atoms with Gasteiger partial charge >= 0.3 is 0 Å². The lowest BCUT2D eigenvalue weighted by atomic mass is 10.2. The van der Waals surface area contributed by atoms with Crippen molar-refractivity contribution in [2.75, 3.05) is 7.11 Å². The summed E-state index contributed by atoms with van der Waals surface area (Å²) in [4.78, 5) is 0. The van der Waals surface area contributed by atoms with Crippen LogP contribution in [0.1, 0.15) is 5.56 Å². The third-order valence-electron chi connectivity index (χ3n) is 1.73. The zero-order chi connectivity index (χ0) is 8.60. The Morgan fingerprint density at radius 3 is 2.25 bits per heavy atom. The molecule has 1 heterocycles. The lowest BCUT2D eigenvalue weighted by Crippen LogP contribution is -1.96. The second-order valence-corrected chi connectivity index (χ2v) is 3.62. The SMILES string of the molecule is COc1ccc(C2(Br)N=N2)cc1. The average molecular weight is 227 g/mol. The van der Waals surface area contributed by atoms with Gasteiger partial charge in [-0.2, -0.15) is 0 Å². The Kier molecular flexibility index (Phi) is 1.65. The third-order valence-corrected chi connectivity index (χ3v) is 2.51. The number of rotatable bonds is 2. The Hall–Kier alpha value is -0.900. The van der Waals surface area contributed by atoms with Gasteiger partial charge in [0.15, 0.2) is 0 Å². The highest BCUT2D eigenvalue weighted by Gasteiger charge is 2.38. The lowest BCUT2D eigenvalue weighted by Gasteiger charge is -2.03. The van der Waals surface area contributed by atoms with Crippen molar-refractivity contribution in [3.8, 4) is 5.75 Å². The Morgan fingerprint density at radius 2 is 1.83 bits per heavy atom. The van der Waals surface area contributed by atoms with Gasteiger partial charge in [-0.25, -0.2) is 0 Å². The molecule has 0 saturated carbocycles. The molecule has 2 rings (SSSR count). The van der Waals surface area contributed by atoms with Crippen LogP contribution >= 0.6 is 15.9 Å².